The van der Waals surface area contributed by atoms with Crippen molar-refractivity contribution in [2.45, 2.75) is 6.92 Å². The molecule has 0 amide bonds. The second-order valence-corrected chi connectivity index (χ2v) is 2.65. The first-order valence-electron chi connectivity index (χ1n) is 3.59. The van der Waals surface area contributed by atoms with Crippen molar-refractivity contribution >= 4 is 11.7 Å². The molecule has 0 heterocycles. The smallest absolute Gasteiger partial charge is 0.336 e. The van der Waals surface area contributed by atoms with Crippen LogP contribution in [-0.2, 0) is 0 Å². The maximum absolute atomic E-state index is 10.7. The van der Waals surface area contributed by atoms with Gasteiger partial charge in [-0.15, -0.1) is 0 Å². The normalized spacial score (nSPS) is 9.23. The summed E-state index contributed by atoms with van der Waals surface area (Å²) in [6.45, 7) is 1.61. The summed E-state index contributed by atoms with van der Waals surface area (Å²) in [5.41, 5.74) is 6.69. The Morgan fingerprint density at radius 3 is 2.69 bits per heavy atom. The Balaban J connectivity index is 3.44. The van der Waals surface area contributed by atoms with E-state index in [9.17, 15) is 4.79 Å². The predicted molar refractivity (Wildman–Crippen MR) is 47.3 cm³/mol. The van der Waals surface area contributed by atoms with Crippen LogP contribution in [0.1, 0.15) is 21.5 Å². The van der Waals surface area contributed by atoms with Gasteiger partial charge < -0.3 is 10.8 Å². The van der Waals surface area contributed by atoms with Crippen LogP contribution in [0.25, 0.3) is 0 Å². The topological polar surface area (TPSA) is 87.1 Å². The van der Waals surface area contributed by atoms with Gasteiger partial charge in [-0.1, -0.05) is 0 Å². The van der Waals surface area contributed by atoms with Crippen LogP contribution in [0.4, 0.5) is 5.69 Å². The average molecular weight is 176 g/mol. The van der Waals surface area contributed by atoms with Gasteiger partial charge in [0.25, 0.3) is 0 Å². The predicted octanol–water partition coefficient (Wildman–Crippen LogP) is 1.15. The van der Waals surface area contributed by atoms with Crippen molar-refractivity contribution in [1.82, 2.24) is 0 Å². The second kappa shape index (κ2) is 3.15. The standard InChI is InChI=1S/C9H8N2O2/c1-5-7(9(12)13)2-6(4-10)3-8(5)11/h2-3H,11H2,1H3,(H,12,13). The number of carboxylic acid groups (broad SMARTS) is 1. The number of rotatable bonds is 1. The summed E-state index contributed by atoms with van der Waals surface area (Å²) in [7, 11) is 0. The van der Waals surface area contributed by atoms with Gasteiger partial charge in [0.05, 0.1) is 17.2 Å². The molecule has 0 radical (unpaired) electrons. The first kappa shape index (κ1) is 9.07. The minimum absolute atomic E-state index is 0.0801. The molecule has 0 saturated carbocycles. The fourth-order valence-electron chi connectivity index (χ4n) is 1.02. The van der Waals surface area contributed by atoms with Crippen molar-refractivity contribution in [3.63, 3.8) is 0 Å². The Kier molecular flexibility index (Phi) is 2.20. The van der Waals surface area contributed by atoms with Gasteiger partial charge in [-0.25, -0.2) is 4.79 Å². The molecule has 0 aromatic heterocycles. The molecular formula is C9H8N2O2. The molecule has 0 saturated heterocycles. The highest BCUT2D eigenvalue weighted by Gasteiger charge is 2.10. The lowest BCUT2D eigenvalue weighted by atomic mass is 10.0. The number of nitrogens with two attached hydrogens (primary N) is 1. The highest BCUT2D eigenvalue weighted by atomic mass is 16.4. The van der Waals surface area contributed by atoms with E-state index in [1.165, 1.54) is 12.1 Å². The fraction of sp³-hybridized carbons (Fsp3) is 0.111. The summed E-state index contributed by atoms with van der Waals surface area (Å²) in [6, 6.07) is 4.62. The van der Waals surface area contributed by atoms with Gasteiger partial charge in [-0.2, -0.15) is 5.26 Å². The molecule has 4 heteroatoms. The molecule has 1 aromatic carbocycles. The summed E-state index contributed by atoms with van der Waals surface area (Å²) >= 11 is 0. The zero-order valence-electron chi connectivity index (χ0n) is 7.03. The van der Waals surface area contributed by atoms with E-state index in [1.807, 2.05) is 6.07 Å². The summed E-state index contributed by atoms with van der Waals surface area (Å²) in [5.74, 6) is -1.07. The molecule has 0 atom stereocenters. The minimum atomic E-state index is -1.07. The quantitative estimate of drug-likeness (QED) is 0.628. The van der Waals surface area contributed by atoms with Crippen molar-refractivity contribution in [1.29, 1.82) is 5.26 Å². The zero-order valence-corrected chi connectivity index (χ0v) is 7.03. The summed E-state index contributed by atoms with van der Waals surface area (Å²) < 4.78 is 0. The number of carbonyl (C=O) groups is 1. The van der Waals surface area contributed by atoms with E-state index in [-0.39, 0.29) is 11.1 Å². The van der Waals surface area contributed by atoms with Crippen molar-refractivity contribution in [2.75, 3.05) is 5.73 Å². The van der Waals surface area contributed by atoms with Gasteiger partial charge >= 0.3 is 5.97 Å². The van der Waals surface area contributed by atoms with Gasteiger partial charge in [-0.05, 0) is 24.6 Å². The van der Waals surface area contributed by atoms with Gasteiger partial charge in [0.15, 0.2) is 0 Å². The van der Waals surface area contributed by atoms with Crippen LogP contribution in [0, 0.1) is 18.3 Å². The van der Waals surface area contributed by atoms with Gasteiger partial charge in [-0.3, -0.25) is 0 Å². The SMILES string of the molecule is Cc1c(N)cc(C#N)cc1C(=O)O. The molecule has 0 spiro atoms. The van der Waals surface area contributed by atoms with Gasteiger partial charge in [0.1, 0.15) is 0 Å². The number of nitriles is 1. The van der Waals surface area contributed by atoms with Crippen LogP contribution in [-0.4, -0.2) is 11.1 Å². The van der Waals surface area contributed by atoms with Crippen LogP contribution in [0.2, 0.25) is 0 Å². The number of nitrogens with zero attached hydrogens (tertiary/aromatic N) is 1. The summed E-state index contributed by atoms with van der Waals surface area (Å²) in [6.07, 6.45) is 0. The minimum Gasteiger partial charge on any atom is -0.478 e. The van der Waals surface area contributed by atoms with Crippen molar-refractivity contribution < 1.29 is 9.90 Å². The maximum Gasteiger partial charge on any atom is 0.336 e. The third kappa shape index (κ3) is 1.59. The molecule has 66 valence electrons. The molecule has 1 aromatic rings. The maximum atomic E-state index is 10.7. The first-order valence-corrected chi connectivity index (χ1v) is 3.59. The first-order chi connectivity index (χ1) is 6.06. The Morgan fingerprint density at radius 2 is 2.23 bits per heavy atom. The van der Waals surface area contributed by atoms with Crippen LogP contribution in [0.3, 0.4) is 0 Å². The molecule has 0 aliphatic carbocycles. The number of benzene rings is 1. The number of nitrogen functional groups attached to an aromatic ring is 1. The lowest BCUT2D eigenvalue weighted by Gasteiger charge is -2.04. The molecule has 0 bridgehead atoms. The molecular weight excluding hydrogens is 168 g/mol. The van der Waals surface area contributed by atoms with Crippen molar-refractivity contribution in [3.8, 4) is 6.07 Å². The third-order valence-electron chi connectivity index (χ3n) is 1.81. The molecule has 0 aliphatic rings. The Labute approximate surface area is 75.2 Å². The van der Waals surface area contributed by atoms with E-state index >= 15 is 0 Å². The van der Waals surface area contributed by atoms with Gasteiger partial charge in [0, 0.05) is 5.69 Å². The largest absolute Gasteiger partial charge is 0.478 e. The van der Waals surface area contributed by atoms with Crippen LogP contribution in [0.5, 0.6) is 0 Å². The molecule has 4 nitrogen and oxygen atoms in total. The van der Waals surface area contributed by atoms with Gasteiger partial charge in [0.2, 0.25) is 0 Å². The van der Waals surface area contributed by atoms with Crippen LogP contribution in [0.15, 0.2) is 12.1 Å². The molecule has 3 N–H and O–H groups in total. The van der Waals surface area contributed by atoms with E-state index in [4.69, 9.17) is 16.1 Å². The molecule has 0 aliphatic heterocycles. The highest BCUT2D eigenvalue weighted by Crippen LogP contribution is 2.18. The Morgan fingerprint density at radius 1 is 1.62 bits per heavy atom. The third-order valence-corrected chi connectivity index (χ3v) is 1.81. The second-order valence-electron chi connectivity index (χ2n) is 2.65. The lowest BCUT2D eigenvalue weighted by molar-refractivity contribution is 0.0696. The van der Waals surface area contributed by atoms with Crippen molar-refractivity contribution in [2.24, 2.45) is 0 Å². The number of hydrogen-bond donors (Lipinski definition) is 2. The lowest BCUT2D eigenvalue weighted by Crippen LogP contribution is -2.03. The molecule has 1 rings (SSSR count). The van der Waals surface area contributed by atoms with E-state index in [0.717, 1.165) is 0 Å². The molecule has 0 fully saturated rings. The van der Waals surface area contributed by atoms with E-state index in [0.29, 0.717) is 11.3 Å². The molecule has 0 unspecified atom stereocenters. The monoisotopic (exact) mass is 176 g/mol. The van der Waals surface area contributed by atoms with Crippen molar-refractivity contribution in [3.05, 3.63) is 28.8 Å². The average Bonchev–Trinajstić information content (AvgIpc) is 2.09. The zero-order chi connectivity index (χ0) is 10.0. The van der Waals surface area contributed by atoms with E-state index in [2.05, 4.69) is 0 Å². The molecule has 13 heavy (non-hydrogen) atoms. The Hall–Kier alpha value is -2.02. The van der Waals surface area contributed by atoms with E-state index < -0.39 is 5.97 Å². The summed E-state index contributed by atoms with van der Waals surface area (Å²) in [4.78, 5) is 10.7. The summed E-state index contributed by atoms with van der Waals surface area (Å²) in [5, 5.41) is 17.3. The fourth-order valence-corrected chi connectivity index (χ4v) is 1.02. The number of anilines is 1. The Bertz CT molecular complexity index is 405. The van der Waals surface area contributed by atoms with Crippen LogP contribution < -0.4 is 5.73 Å². The number of aromatic carboxylic acids is 1. The van der Waals surface area contributed by atoms with E-state index in [1.54, 1.807) is 6.92 Å². The number of hydrogen-bond acceptors (Lipinski definition) is 3. The van der Waals surface area contributed by atoms with Crippen LogP contribution >= 0.6 is 0 Å². The highest BCUT2D eigenvalue weighted by molar-refractivity contribution is 5.91. The number of carboxylic acids is 1.